The Balaban J connectivity index is 0.00000210. The molecule has 10 heteroatoms. The fourth-order valence-corrected chi connectivity index (χ4v) is 3.18. The van der Waals surface area contributed by atoms with Crippen LogP contribution in [0.25, 0.3) is 0 Å². The number of rotatable bonds is 6. The first-order valence-corrected chi connectivity index (χ1v) is 9.43. The van der Waals surface area contributed by atoms with Crippen molar-refractivity contribution < 1.29 is 19.1 Å². The predicted molar refractivity (Wildman–Crippen MR) is 116 cm³/mol. The van der Waals surface area contributed by atoms with E-state index in [1.165, 1.54) is 0 Å². The summed E-state index contributed by atoms with van der Waals surface area (Å²) in [5.74, 6) is -0.339. The maximum atomic E-state index is 12.4. The number of nitrogens with two attached hydrogens (primary N) is 1. The Kier molecular flexibility index (Phi) is 10.9. The molecule has 0 aromatic heterocycles. The number of hydrogen-bond donors (Lipinski definition) is 3. The van der Waals surface area contributed by atoms with Gasteiger partial charge in [0.15, 0.2) is 0 Å². The third-order valence-electron chi connectivity index (χ3n) is 5.06. The van der Waals surface area contributed by atoms with Crippen LogP contribution in [0.2, 0.25) is 0 Å². The fraction of sp³-hybridized carbons (Fsp3) is 0.579. The van der Waals surface area contributed by atoms with Crippen molar-refractivity contribution in [3.05, 3.63) is 29.8 Å². The minimum atomic E-state index is -0.895. The van der Waals surface area contributed by atoms with Gasteiger partial charge in [-0.25, -0.2) is 0 Å². The van der Waals surface area contributed by atoms with Gasteiger partial charge >= 0.3 is 0 Å². The van der Waals surface area contributed by atoms with E-state index in [9.17, 15) is 9.59 Å². The van der Waals surface area contributed by atoms with Crippen molar-refractivity contribution in [2.75, 3.05) is 57.9 Å². The van der Waals surface area contributed by atoms with Gasteiger partial charge in [-0.05, 0) is 37.1 Å². The lowest BCUT2D eigenvalue weighted by Gasteiger charge is -2.31. The lowest BCUT2D eigenvalue weighted by molar-refractivity contribution is -0.124. The van der Waals surface area contributed by atoms with E-state index in [4.69, 9.17) is 15.2 Å². The number of benzene rings is 1. The largest absolute Gasteiger partial charge is 0.381 e. The number of morpholine rings is 1. The monoisotopic (exact) mass is 448 g/mol. The molecular weight excluding hydrogens is 419 g/mol. The zero-order valence-corrected chi connectivity index (χ0v) is 18.0. The Labute approximate surface area is 183 Å². The number of nitrogens with zero attached hydrogens (tertiary/aromatic N) is 1. The van der Waals surface area contributed by atoms with Gasteiger partial charge in [-0.15, -0.1) is 24.8 Å². The highest BCUT2D eigenvalue weighted by Gasteiger charge is 2.35. The molecule has 0 unspecified atom stereocenters. The maximum Gasteiger partial charge on any atom is 0.251 e. The molecule has 0 aliphatic carbocycles. The molecule has 2 heterocycles. The van der Waals surface area contributed by atoms with Gasteiger partial charge in [-0.1, -0.05) is 0 Å². The van der Waals surface area contributed by atoms with Crippen LogP contribution in [0.15, 0.2) is 24.3 Å². The Hall–Kier alpha value is -1.42. The van der Waals surface area contributed by atoms with Crippen molar-refractivity contribution in [1.82, 2.24) is 10.2 Å². The molecule has 3 rings (SSSR count). The Bertz CT molecular complexity index is 648. The number of anilines is 1. The molecule has 2 saturated heterocycles. The molecule has 2 amide bonds. The molecule has 8 nitrogen and oxygen atoms in total. The summed E-state index contributed by atoms with van der Waals surface area (Å²) >= 11 is 0. The average molecular weight is 449 g/mol. The average Bonchev–Trinajstić information content (AvgIpc) is 2.70. The summed E-state index contributed by atoms with van der Waals surface area (Å²) in [6, 6.07) is 6.84. The Morgan fingerprint density at radius 1 is 1.00 bits per heavy atom. The smallest absolute Gasteiger partial charge is 0.251 e. The first-order chi connectivity index (χ1) is 13.1. The molecule has 4 N–H and O–H groups in total. The SMILES string of the molecule is Cl.Cl.NC1(C(=O)Nc2ccc(C(=O)NCCN3CCOCC3)cc2)CCOCC1. The molecule has 29 heavy (non-hydrogen) atoms. The maximum absolute atomic E-state index is 12.4. The summed E-state index contributed by atoms with van der Waals surface area (Å²) in [7, 11) is 0. The highest BCUT2D eigenvalue weighted by Crippen LogP contribution is 2.20. The molecule has 164 valence electrons. The van der Waals surface area contributed by atoms with Crippen LogP contribution in [-0.4, -0.2) is 74.9 Å². The van der Waals surface area contributed by atoms with Crippen LogP contribution < -0.4 is 16.4 Å². The quantitative estimate of drug-likeness (QED) is 0.600. The van der Waals surface area contributed by atoms with Crippen LogP contribution in [-0.2, 0) is 14.3 Å². The molecule has 0 spiro atoms. The van der Waals surface area contributed by atoms with Gasteiger partial charge in [0.2, 0.25) is 5.91 Å². The molecule has 0 radical (unpaired) electrons. The second-order valence-electron chi connectivity index (χ2n) is 7.01. The minimum Gasteiger partial charge on any atom is -0.381 e. The highest BCUT2D eigenvalue weighted by molar-refractivity contribution is 5.99. The van der Waals surface area contributed by atoms with Gasteiger partial charge in [-0.3, -0.25) is 14.5 Å². The van der Waals surface area contributed by atoms with E-state index in [0.717, 1.165) is 32.8 Å². The molecule has 0 atom stereocenters. The zero-order chi connectivity index (χ0) is 19.1. The van der Waals surface area contributed by atoms with Crippen molar-refractivity contribution in [2.24, 2.45) is 5.73 Å². The molecule has 2 aliphatic heterocycles. The van der Waals surface area contributed by atoms with Crippen molar-refractivity contribution in [3.63, 3.8) is 0 Å². The van der Waals surface area contributed by atoms with Gasteiger partial charge in [-0.2, -0.15) is 0 Å². The second-order valence-corrected chi connectivity index (χ2v) is 7.01. The lowest BCUT2D eigenvalue weighted by Crippen LogP contribution is -2.54. The van der Waals surface area contributed by atoms with E-state index >= 15 is 0 Å². The standard InChI is InChI=1S/C19H28N4O4.2ClH/c20-19(5-11-26-12-6-19)18(25)22-16-3-1-15(2-4-16)17(24)21-7-8-23-9-13-27-14-10-23;;/h1-4H,5-14,20H2,(H,21,24)(H,22,25);2*1H. The topological polar surface area (TPSA) is 106 Å². The molecule has 0 saturated carbocycles. The fourth-order valence-electron chi connectivity index (χ4n) is 3.18. The second kappa shape index (κ2) is 12.3. The summed E-state index contributed by atoms with van der Waals surface area (Å²) in [6.45, 7) is 5.69. The number of carbonyl (C=O) groups excluding carboxylic acids is 2. The van der Waals surface area contributed by atoms with Gasteiger partial charge < -0.3 is 25.8 Å². The van der Waals surface area contributed by atoms with Crippen LogP contribution in [0.5, 0.6) is 0 Å². The number of amides is 2. The normalized spacial score (nSPS) is 18.7. The molecule has 1 aromatic carbocycles. The third kappa shape index (κ3) is 7.40. The molecule has 0 bridgehead atoms. The number of carbonyl (C=O) groups is 2. The molecular formula is C19H30Cl2N4O4. The van der Waals surface area contributed by atoms with E-state index in [0.29, 0.717) is 43.9 Å². The summed E-state index contributed by atoms with van der Waals surface area (Å²) in [5.41, 5.74) is 6.47. The number of halogens is 2. The molecule has 2 fully saturated rings. The van der Waals surface area contributed by atoms with Crippen LogP contribution in [0.4, 0.5) is 5.69 Å². The van der Waals surface area contributed by atoms with Crippen molar-refractivity contribution in [1.29, 1.82) is 0 Å². The molecule has 1 aromatic rings. The first kappa shape index (κ1) is 25.6. The van der Waals surface area contributed by atoms with Crippen LogP contribution in [0.1, 0.15) is 23.2 Å². The number of ether oxygens (including phenoxy) is 2. The van der Waals surface area contributed by atoms with Crippen LogP contribution >= 0.6 is 24.8 Å². The van der Waals surface area contributed by atoms with Gasteiger partial charge in [0.25, 0.3) is 5.91 Å². The Morgan fingerprint density at radius 3 is 2.21 bits per heavy atom. The minimum absolute atomic E-state index is 0. The molecule has 2 aliphatic rings. The summed E-state index contributed by atoms with van der Waals surface area (Å²) in [6.07, 6.45) is 1.00. The summed E-state index contributed by atoms with van der Waals surface area (Å²) in [5, 5.41) is 5.76. The summed E-state index contributed by atoms with van der Waals surface area (Å²) in [4.78, 5) is 26.9. The predicted octanol–water partition coefficient (Wildman–Crippen LogP) is 1.04. The van der Waals surface area contributed by atoms with Crippen LogP contribution in [0.3, 0.4) is 0 Å². The van der Waals surface area contributed by atoms with Gasteiger partial charge in [0, 0.05) is 50.6 Å². The van der Waals surface area contributed by atoms with Gasteiger partial charge in [0.1, 0.15) is 5.54 Å². The van der Waals surface area contributed by atoms with Crippen molar-refractivity contribution >= 4 is 42.3 Å². The van der Waals surface area contributed by atoms with E-state index in [-0.39, 0.29) is 36.6 Å². The first-order valence-electron chi connectivity index (χ1n) is 9.43. The third-order valence-corrected chi connectivity index (χ3v) is 5.06. The van der Waals surface area contributed by atoms with Crippen molar-refractivity contribution in [2.45, 2.75) is 18.4 Å². The van der Waals surface area contributed by atoms with E-state index in [2.05, 4.69) is 15.5 Å². The van der Waals surface area contributed by atoms with Gasteiger partial charge in [0.05, 0.1) is 13.2 Å². The van der Waals surface area contributed by atoms with Crippen LogP contribution in [0, 0.1) is 0 Å². The van der Waals surface area contributed by atoms with E-state index in [1.54, 1.807) is 24.3 Å². The van der Waals surface area contributed by atoms with E-state index < -0.39 is 5.54 Å². The number of nitrogens with one attached hydrogen (secondary N) is 2. The lowest BCUT2D eigenvalue weighted by atomic mass is 9.90. The zero-order valence-electron chi connectivity index (χ0n) is 16.4. The van der Waals surface area contributed by atoms with E-state index in [1.807, 2.05) is 0 Å². The highest BCUT2D eigenvalue weighted by atomic mass is 35.5. The Morgan fingerprint density at radius 2 is 1.59 bits per heavy atom. The van der Waals surface area contributed by atoms with Crippen molar-refractivity contribution in [3.8, 4) is 0 Å². The number of hydrogen-bond acceptors (Lipinski definition) is 6. The summed E-state index contributed by atoms with van der Waals surface area (Å²) < 4.78 is 10.6.